The van der Waals surface area contributed by atoms with E-state index in [9.17, 15) is 9.59 Å². The summed E-state index contributed by atoms with van der Waals surface area (Å²) in [5.74, 6) is -0.712. The van der Waals surface area contributed by atoms with Crippen LogP contribution in [0.2, 0.25) is 0 Å². The molecular weight excluding hydrogens is 224 g/mol. The van der Waals surface area contributed by atoms with Crippen molar-refractivity contribution in [1.82, 2.24) is 20.3 Å². The van der Waals surface area contributed by atoms with Crippen LogP contribution in [0.1, 0.15) is 19.0 Å². The normalized spacial score (nSPS) is 12.1. The lowest BCUT2D eigenvalue weighted by Gasteiger charge is -2.11. The molecule has 2 amide bonds. The Morgan fingerprint density at radius 3 is 2.82 bits per heavy atom. The fraction of sp³-hybridized carbons (Fsp3) is 0.556. The first-order valence-corrected chi connectivity index (χ1v) is 5.18. The van der Waals surface area contributed by atoms with Crippen molar-refractivity contribution >= 4 is 11.8 Å². The van der Waals surface area contributed by atoms with Crippen LogP contribution in [0.5, 0.6) is 0 Å². The molecule has 0 aliphatic carbocycles. The van der Waals surface area contributed by atoms with Crippen molar-refractivity contribution in [3.8, 4) is 0 Å². The van der Waals surface area contributed by atoms with Gasteiger partial charge < -0.3 is 16.8 Å². The first-order valence-electron chi connectivity index (χ1n) is 5.18. The number of carbonyl (C=O) groups is 2. The van der Waals surface area contributed by atoms with Crippen molar-refractivity contribution in [3.63, 3.8) is 0 Å². The van der Waals surface area contributed by atoms with E-state index in [-0.39, 0.29) is 31.5 Å². The number of aromatic nitrogens is 3. The van der Waals surface area contributed by atoms with Crippen molar-refractivity contribution < 1.29 is 9.59 Å². The molecule has 5 N–H and O–H groups in total. The Morgan fingerprint density at radius 2 is 2.29 bits per heavy atom. The number of hydrogen-bond acceptors (Lipinski definition) is 5. The maximum absolute atomic E-state index is 11.5. The molecule has 94 valence electrons. The molecule has 1 atom stereocenters. The van der Waals surface area contributed by atoms with E-state index in [1.807, 2.05) is 0 Å². The van der Waals surface area contributed by atoms with Gasteiger partial charge in [0.2, 0.25) is 11.8 Å². The quantitative estimate of drug-likeness (QED) is 0.535. The van der Waals surface area contributed by atoms with Crippen LogP contribution < -0.4 is 16.8 Å². The highest BCUT2D eigenvalue weighted by atomic mass is 16.2. The second-order valence-electron chi connectivity index (χ2n) is 3.75. The van der Waals surface area contributed by atoms with Crippen LogP contribution in [0.3, 0.4) is 0 Å². The summed E-state index contributed by atoms with van der Waals surface area (Å²) in [5.41, 5.74) is 11.0. The third-order valence-electron chi connectivity index (χ3n) is 2.02. The number of nitrogens with zero attached hydrogens (tertiary/aromatic N) is 3. The highest BCUT2D eigenvalue weighted by Crippen LogP contribution is 1.93. The Hall–Kier alpha value is -1.96. The van der Waals surface area contributed by atoms with Crippen LogP contribution in [0.4, 0.5) is 0 Å². The lowest BCUT2D eigenvalue weighted by molar-refractivity contribution is -0.123. The summed E-state index contributed by atoms with van der Waals surface area (Å²) in [6.07, 6.45) is 1.70. The Kier molecular flexibility index (Phi) is 4.58. The zero-order chi connectivity index (χ0) is 12.8. The number of primary amides is 1. The highest BCUT2D eigenvalue weighted by molar-refractivity contribution is 5.78. The largest absolute Gasteiger partial charge is 0.370 e. The molecule has 0 saturated heterocycles. The van der Waals surface area contributed by atoms with Gasteiger partial charge in [0.15, 0.2) is 0 Å². The van der Waals surface area contributed by atoms with Gasteiger partial charge in [-0.3, -0.25) is 9.59 Å². The third-order valence-corrected chi connectivity index (χ3v) is 2.02. The van der Waals surface area contributed by atoms with Gasteiger partial charge in [0.25, 0.3) is 0 Å². The topological polar surface area (TPSA) is 129 Å². The predicted molar refractivity (Wildman–Crippen MR) is 59.3 cm³/mol. The van der Waals surface area contributed by atoms with Crippen molar-refractivity contribution in [2.24, 2.45) is 11.5 Å². The second kappa shape index (κ2) is 5.94. The molecule has 8 nitrogen and oxygen atoms in total. The van der Waals surface area contributed by atoms with E-state index >= 15 is 0 Å². The molecular formula is C9H16N6O2. The van der Waals surface area contributed by atoms with Gasteiger partial charge in [-0.25, -0.2) is 4.68 Å². The minimum absolute atomic E-state index is 0.0378. The molecule has 17 heavy (non-hydrogen) atoms. The first kappa shape index (κ1) is 13.1. The summed E-state index contributed by atoms with van der Waals surface area (Å²) in [4.78, 5) is 22.1. The van der Waals surface area contributed by atoms with Crippen LogP contribution in [0.25, 0.3) is 0 Å². The number of rotatable bonds is 6. The van der Waals surface area contributed by atoms with E-state index < -0.39 is 5.91 Å². The van der Waals surface area contributed by atoms with Gasteiger partial charge in [0.05, 0.1) is 11.9 Å². The lowest BCUT2D eigenvalue weighted by Crippen LogP contribution is -2.37. The van der Waals surface area contributed by atoms with Crippen LogP contribution in [0.15, 0.2) is 6.20 Å². The number of nitrogens with one attached hydrogen (secondary N) is 1. The molecule has 0 saturated carbocycles. The Morgan fingerprint density at radius 1 is 1.59 bits per heavy atom. The summed E-state index contributed by atoms with van der Waals surface area (Å²) in [6, 6.07) is -0.294. The molecule has 1 heterocycles. The summed E-state index contributed by atoms with van der Waals surface area (Å²) < 4.78 is 1.38. The summed E-state index contributed by atoms with van der Waals surface area (Å²) in [5, 5.41) is 10.1. The zero-order valence-corrected chi connectivity index (χ0v) is 9.59. The highest BCUT2D eigenvalue weighted by Gasteiger charge is 2.11. The maximum atomic E-state index is 11.5. The Balaban J connectivity index is 2.41. The summed E-state index contributed by atoms with van der Waals surface area (Å²) in [7, 11) is 0. The van der Waals surface area contributed by atoms with Crippen LogP contribution in [-0.2, 0) is 22.7 Å². The van der Waals surface area contributed by atoms with Gasteiger partial charge in [-0.05, 0) is 6.92 Å². The molecule has 0 aliphatic rings. The molecule has 1 aromatic rings. The number of nitrogens with two attached hydrogens (primary N) is 2. The van der Waals surface area contributed by atoms with E-state index in [1.165, 1.54) is 4.68 Å². The average molecular weight is 240 g/mol. The molecule has 0 radical (unpaired) electrons. The zero-order valence-electron chi connectivity index (χ0n) is 9.59. The molecule has 1 aromatic heterocycles. The maximum Gasteiger partial charge on any atom is 0.242 e. The van der Waals surface area contributed by atoms with Crippen molar-refractivity contribution in [2.75, 3.05) is 0 Å². The van der Waals surface area contributed by atoms with Gasteiger partial charge in [-0.1, -0.05) is 5.21 Å². The summed E-state index contributed by atoms with van der Waals surface area (Å²) >= 11 is 0. The van der Waals surface area contributed by atoms with Gasteiger partial charge in [-0.15, -0.1) is 5.10 Å². The van der Waals surface area contributed by atoms with Crippen LogP contribution in [-0.4, -0.2) is 32.9 Å². The average Bonchev–Trinajstić information content (AvgIpc) is 2.63. The molecule has 0 fully saturated rings. The van der Waals surface area contributed by atoms with E-state index in [2.05, 4.69) is 15.6 Å². The molecule has 0 spiro atoms. The first-order chi connectivity index (χ1) is 8.01. The van der Waals surface area contributed by atoms with Gasteiger partial charge in [-0.2, -0.15) is 0 Å². The van der Waals surface area contributed by atoms with Gasteiger partial charge in [0.1, 0.15) is 6.54 Å². The van der Waals surface area contributed by atoms with E-state index in [4.69, 9.17) is 11.5 Å². The minimum Gasteiger partial charge on any atom is -0.370 e. The smallest absolute Gasteiger partial charge is 0.242 e. The molecule has 0 bridgehead atoms. The second-order valence-corrected chi connectivity index (χ2v) is 3.75. The van der Waals surface area contributed by atoms with E-state index in [1.54, 1.807) is 13.1 Å². The molecule has 1 rings (SSSR count). The monoisotopic (exact) mass is 240 g/mol. The fourth-order valence-corrected chi connectivity index (χ4v) is 1.33. The van der Waals surface area contributed by atoms with Crippen LogP contribution in [0, 0.1) is 0 Å². The van der Waals surface area contributed by atoms with Crippen molar-refractivity contribution in [2.45, 2.75) is 32.5 Å². The van der Waals surface area contributed by atoms with Crippen molar-refractivity contribution in [3.05, 3.63) is 11.9 Å². The number of amides is 2. The predicted octanol–water partition coefficient (Wildman–Crippen LogP) is -1.88. The third kappa shape index (κ3) is 4.60. The SMILES string of the molecule is CC(CC(N)=O)NC(=O)Cn1cc(CN)nn1. The number of hydrogen-bond donors (Lipinski definition) is 3. The minimum atomic E-state index is -0.455. The summed E-state index contributed by atoms with van der Waals surface area (Å²) in [6.45, 7) is 2.02. The number of carbonyl (C=O) groups excluding carboxylic acids is 2. The standard InChI is InChI=1S/C9H16N6O2/c1-6(2-8(11)16)12-9(17)5-15-4-7(3-10)13-14-15/h4,6H,2-3,5,10H2,1H3,(H2,11,16)(H,12,17). The van der Waals surface area contributed by atoms with Gasteiger partial charge >= 0.3 is 0 Å². The molecule has 8 heteroatoms. The van der Waals surface area contributed by atoms with Gasteiger partial charge in [0, 0.05) is 19.0 Å². The molecule has 1 unspecified atom stereocenters. The fourth-order valence-electron chi connectivity index (χ4n) is 1.33. The van der Waals surface area contributed by atoms with Crippen LogP contribution >= 0.6 is 0 Å². The molecule has 0 aromatic carbocycles. The van der Waals surface area contributed by atoms with Crippen molar-refractivity contribution in [1.29, 1.82) is 0 Å². The Bertz CT molecular complexity index is 402. The Labute approximate surface area is 98.3 Å². The van der Waals surface area contributed by atoms with E-state index in [0.29, 0.717) is 5.69 Å². The molecule has 0 aliphatic heterocycles. The lowest BCUT2D eigenvalue weighted by atomic mass is 10.2. The van der Waals surface area contributed by atoms with E-state index in [0.717, 1.165) is 0 Å².